The summed E-state index contributed by atoms with van der Waals surface area (Å²) in [5.74, 6) is 1.45. The lowest BCUT2D eigenvalue weighted by molar-refractivity contribution is -0.121. The van der Waals surface area contributed by atoms with Crippen molar-refractivity contribution in [2.24, 2.45) is 11.8 Å². The van der Waals surface area contributed by atoms with Gasteiger partial charge in [0.15, 0.2) is 0 Å². The molecule has 0 bridgehead atoms. The van der Waals surface area contributed by atoms with Crippen molar-refractivity contribution in [3.63, 3.8) is 0 Å². The third-order valence-electron chi connectivity index (χ3n) is 5.10. The molecule has 1 aliphatic rings. The first kappa shape index (κ1) is 19.5. The van der Waals surface area contributed by atoms with Gasteiger partial charge in [-0.25, -0.2) is 4.68 Å². The second-order valence-corrected chi connectivity index (χ2v) is 7.79. The monoisotopic (exact) mass is 371 g/mol. The number of carbonyl (C=O) groups is 1. The molecule has 3 rings (SSSR count). The van der Waals surface area contributed by atoms with E-state index < -0.39 is 0 Å². The number of aryl methyl sites for hydroxylation is 1. The van der Waals surface area contributed by atoms with Crippen molar-refractivity contribution < 1.29 is 4.79 Å². The van der Waals surface area contributed by atoms with E-state index in [1.165, 1.54) is 11.1 Å². The smallest absolute Gasteiger partial charge is 0.277 e. The van der Waals surface area contributed by atoms with Crippen LogP contribution in [0.3, 0.4) is 0 Å². The number of fused-ring (bicyclic) bond motifs is 1. The lowest BCUT2D eigenvalue weighted by atomic mass is 9.92. The van der Waals surface area contributed by atoms with Crippen molar-refractivity contribution in [1.82, 2.24) is 25.2 Å². The van der Waals surface area contributed by atoms with E-state index >= 15 is 0 Å². The van der Waals surface area contributed by atoms with Gasteiger partial charge in [0.2, 0.25) is 5.91 Å². The molecule has 1 fully saturated rings. The number of nitrogens with zero attached hydrogens (tertiary/aromatic N) is 4. The predicted octanol–water partition coefficient (Wildman–Crippen LogP) is 1.67. The molecule has 2 atom stereocenters. The van der Waals surface area contributed by atoms with Gasteiger partial charge in [0.05, 0.1) is 11.9 Å². The highest BCUT2D eigenvalue weighted by Gasteiger charge is 2.21. The number of piperidine rings is 1. The molecule has 146 valence electrons. The van der Waals surface area contributed by atoms with Crippen LogP contribution in [-0.4, -0.2) is 52.0 Å². The molecule has 7 heteroatoms. The van der Waals surface area contributed by atoms with E-state index in [4.69, 9.17) is 0 Å². The molecule has 0 aliphatic carbocycles. The zero-order valence-corrected chi connectivity index (χ0v) is 16.2. The van der Waals surface area contributed by atoms with Gasteiger partial charge in [-0.3, -0.25) is 9.59 Å². The minimum absolute atomic E-state index is 0.0581. The zero-order chi connectivity index (χ0) is 19.2. The van der Waals surface area contributed by atoms with Crippen LogP contribution < -0.4 is 10.9 Å². The van der Waals surface area contributed by atoms with E-state index in [1.807, 2.05) is 6.07 Å². The normalized spacial score (nSPS) is 20.7. The Bertz CT molecular complexity index is 824. The fourth-order valence-electron chi connectivity index (χ4n) is 3.97. The summed E-state index contributed by atoms with van der Waals surface area (Å²) in [6.07, 6.45) is 2.48. The lowest BCUT2D eigenvalue weighted by Gasteiger charge is -2.34. The zero-order valence-electron chi connectivity index (χ0n) is 16.2. The largest absolute Gasteiger partial charge is 0.356 e. The molecule has 0 radical (unpaired) electrons. The summed E-state index contributed by atoms with van der Waals surface area (Å²) >= 11 is 0. The third kappa shape index (κ3) is 5.35. The van der Waals surface area contributed by atoms with Gasteiger partial charge in [-0.1, -0.05) is 31.2 Å². The molecule has 0 spiro atoms. The summed E-state index contributed by atoms with van der Waals surface area (Å²) in [5, 5.41) is 11.4. The van der Waals surface area contributed by atoms with Gasteiger partial charge in [-0.05, 0) is 43.4 Å². The number of amides is 1. The first-order chi connectivity index (χ1) is 13.0. The van der Waals surface area contributed by atoms with Crippen LogP contribution in [0.5, 0.6) is 0 Å². The fraction of sp³-hybridized carbons (Fsp3) is 0.600. The van der Waals surface area contributed by atoms with Gasteiger partial charge in [-0.2, -0.15) is 0 Å². The maximum Gasteiger partial charge on any atom is 0.277 e. The van der Waals surface area contributed by atoms with Crippen LogP contribution >= 0.6 is 0 Å². The maximum atomic E-state index is 12.4. The molecule has 1 aliphatic heterocycles. The predicted molar refractivity (Wildman–Crippen MR) is 105 cm³/mol. The van der Waals surface area contributed by atoms with Crippen LogP contribution in [-0.2, 0) is 11.3 Å². The molecular weight excluding hydrogens is 342 g/mol. The van der Waals surface area contributed by atoms with Gasteiger partial charge in [0.1, 0.15) is 5.52 Å². The van der Waals surface area contributed by atoms with Crippen molar-refractivity contribution in [2.75, 3.05) is 26.2 Å². The average Bonchev–Trinajstić information content (AvgIpc) is 2.64. The van der Waals surface area contributed by atoms with Crippen LogP contribution in [0.15, 0.2) is 29.1 Å². The average molecular weight is 371 g/mol. The van der Waals surface area contributed by atoms with Gasteiger partial charge in [0, 0.05) is 26.1 Å². The standard InChI is InChI=1S/C20H29N5O2/c1-15-12-16(2)14-24(13-15)10-5-9-21-19(26)8-11-25-20(27)17-6-3-4-7-18(17)22-23-25/h3-4,6-7,15-16H,5,8-14H2,1-2H3,(H,21,26)/t15-,16-/m0/s1. The lowest BCUT2D eigenvalue weighted by Crippen LogP contribution is -2.40. The molecule has 2 heterocycles. The van der Waals surface area contributed by atoms with Crippen LogP contribution in [0.2, 0.25) is 0 Å². The summed E-state index contributed by atoms with van der Waals surface area (Å²) in [6, 6.07) is 7.10. The van der Waals surface area contributed by atoms with Gasteiger partial charge >= 0.3 is 0 Å². The molecule has 2 aromatic rings. The summed E-state index contributed by atoms with van der Waals surface area (Å²) in [5.41, 5.74) is 0.367. The van der Waals surface area contributed by atoms with E-state index in [0.717, 1.165) is 37.9 Å². The van der Waals surface area contributed by atoms with Crippen molar-refractivity contribution in [2.45, 2.75) is 39.7 Å². The number of nitrogens with one attached hydrogen (secondary N) is 1. The number of rotatable bonds is 7. The summed E-state index contributed by atoms with van der Waals surface area (Å²) in [4.78, 5) is 26.9. The van der Waals surface area contributed by atoms with Gasteiger partial charge < -0.3 is 10.2 Å². The highest BCUT2D eigenvalue weighted by atomic mass is 16.2. The Kier molecular flexibility index (Phi) is 6.55. The number of aromatic nitrogens is 3. The van der Waals surface area contributed by atoms with E-state index in [-0.39, 0.29) is 24.4 Å². The second kappa shape index (κ2) is 9.08. The number of likely N-dealkylation sites (tertiary alicyclic amines) is 1. The number of carbonyl (C=O) groups excluding carboxylic acids is 1. The number of hydrogen-bond acceptors (Lipinski definition) is 5. The van der Waals surface area contributed by atoms with Crippen LogP contribution in [0.4, 0.5) is 0 Å². The Morgan fingerprint density at radius 1 is 1.19 bits per heavy atom. The summed E-state index contributed by atoms with van der Waals surface area (Å²) in [6.45, 7) is 8.85. The number of benzene rings is 1. The van der Waals surface area contributed by atoms with E-state index in [1.54, 1.807) is 18.2 Å². The summed E-state index contributed by atoms with van der Waals surface area (Å²) < 4.78 is 1.26. The number of hydrogen-bond donors (Lipinski definition) is 1. The van der Waals surface area contributed by atoms with Crippen molar-refractivity contribution >= 4 is 16.8 Å². The molecular formula is C20H29N5O2. The van der Waals surface area contributed by atoms with E-state index in [0.29, 0.717) is 17.4 Å². The highest BCUT2D eigenvalue weighted by molar-refractivity contribution is 5.77. The van der Waals surface area contributed by atoms with Crippen LogP contribution in [0, 0.1) is 11.8 Å². The SMILES string of the molecule is C[C@H]1C[C@H](C)CN(CCCNC(=O)CCn2nnc3ccccc3c2=O)C1. The van der Waals surface area contributed by atoms with Crippen LogP contribution in [0.1, 0.15) is 33.1 Å². The Hall–Kier alpha value is -2.28. The maximum absolute atomic E-state index is 12.4. The molecule has 1 aromatic carbocycles. The molecule has 1 amide bonds. The molecule has 27 heavy (non-hydrogen) atoms. The Morgan fingerprint density at radius 3 is 2.70 bits per heavy atom. The molecule has 1 aromatic heterocycles. The second-order valence-electron chi connectivity index (χ2n) is 7.79. The highest BCUT2D eigenvalue weighted by Crippen LogP contribution is 2.20. The molecule has 1 saturated heterocycles. The first-order valence-corrected chi connectivity index (χ1v) is 9.84. The van der Waals surface area contributed by atoms with Gasteiger partial charge in [-0.15, -0.1) is 5.10 Å². The summed E-state index contributed by atoms with van der Waals surface area (Å²) in [7, 11) is 0. The quantitative estimate of drug-likeness (QED) is 0.749. The topological polar surface area (TPSA) is 80.1 Å². The minimum Gasteiger partial charge on any atom is -0.356 e. The van der Waals surface area contributed by atoms with Crippen molar-refractivity contribution in [3.8, 4) is 0 Å². The van der Waals surface area contributed by atoms with Gasteiger partial charge in [0.25, 0.3) is 5.56 Å². The van der Waals surface area contributed by atoms with E-state index in [2.05, 4.69) is 34.4 Å². The molecule has 0 unspecified atom stereocenters. The Balaban J connectivity index is 1.40. The molecule has 1 N–H and O–H groups in total. The molecule has 0 saturated carbocycles. The Morgan fingerprint density at radius 2 is 1.93 bits per heavy atom. The molecule has 7 nitrogen and oxygen atoms in total. The van der Waals surface area contributed by atoms with Crippen molar-refractivity contribution in [1.29, 1.82) is 0 Å². The minimum atomic E-state index is -0.207. The Labute approximate surface area is 159 Å². The first-order valence-electron chi connectivity index (χ1n) is 9.84. The fourth-order valence-corrected chi connectivity index (χ4v) is 3.97. The van der Waals surface area contributed by atoms with E-state index in [9.17, 15) is 9.59 Å². The third-order valence-corrected chi connectivity index (χ3v) is 5.10. The van der Waals surface area contributed by atoms with Crippen LogP contribution in [0.25, 0.3) is 10.9 Å². The van der Waals surface area contributed by atoms with Crippen molar-refractivity contribution in [3.05, 3.63) is 34.6 Å².